The number of aromatic amines is 1. The summed E-state index contributed by atoms with van der Waals surface area (Å²) in [7, 11) is 0. The van der Waals surface area contributed by atoms with Crippen LogP contribution in [0.5, 0.6) is 0 Å². The van der Waals surface area contributed by atoms with Crippen LogP contribution in [0.1, 0.15) is 19.0 Å². The lowest BCUT2D eigenvalue weighted by molar-refractivity contribution is 0.965. The molecule has 2 aromatic heterocycles. The Morgan fingerprint density at radius 1 is 1.56 bits per heavy atom. The van der Waals surface area contributed by atoms with Crippen molar-refractivity contribution in [3.8, 4) is 0 Å². The van der Waals surface area contributed by atoms with E-state index >= 15 is 0 Å². The molecule has 0 aliphatic heterocycles. The van der Waals surface area contributed by atoms with Gasteiger partial charge in [-0.2, -0.15) is 5.10 Å². The van der Waals surface area contributed by atoms with E-state index in [-0.39, 0.29) is 0 Å². The second kappa shape index (κ2) is 5.80. The van der Waals surface area contributed by atoms with Gasteiger partial charge in [0, 0.05) is 23.8 Å². The van der Waals surface area contributed by atoms with Crippen molar-refractivity contribution in [1.82, 2.24) is 24.8 Å². The first kappa shape index (κ1) is 11.3. The molecule has 0 unspecified atom stereocenters. The van der Waals surface area contributed by atoms with E-state index < -0.39 is 0 Å². The normalized spacial score (nSPS) is 10.6. The van der Waals surface area contributed by atoms with E-state index in [1.54, 1.807) is 11.8 Å². The van der Waals surface area contributed by atoms with Gasteiger partial charge in [0.15, 0.2) is 5.16 Å². The molecule has 16 heavy (non-hydrogen) atoms. The number of hydrogen-bond donors (Lipinski definition) is 2. The number of thioether (sulfide) groups is 1. The van der Waals surface area contributed by atoms with E-state index in [0.717, 1.165) is 34.6 Å². The molecular formula is C8H12N6S2. The summed E-state index contributed by atoms with van der Waals surface area (Å²) in [6, 6.07) is 0. The Morgan fingerprint density at radius 3 is 3.25 bits per heavy atom. The molecule has 2 heterocycles. The van der Waals surface area contributed by atoms with Crippen molar-refractivity contribution in [3.05, 3.63) is 12.0 Å². The second-order valence-corrected chi connectivity index (χ2v) is 4.77. The highest BCUT2D eigenvalue weighted by Gasteiger charge is 2.08. The van der Waals surface area contributed by atoms with E-state index in [4.69, 9.17) is 0 Å². The Bertz CT molecular complexity index is 412. The number of anilines is 1. The summed E-state index contributed by atoms with van der Waals surface area (Å²) in [4.78, 5) is 4.04. The molecule has 0 aliphatic rings. The fourth-order valence-corrected chi connectivity index (χ4v) is 2.49. The summed E-state index contributed by atoms with van der Waals surface area (Å²) in [5, 5.41) is 15.8. The quantitative estimate of drug-likeness (QED) is 0.767. The number of hydrogen-bond acceptors (Lipinski definition) is 7. The topological polar surface area (TPSA) is 79.4 Å². The highest BCUT2D eigenvalue weighted by Crippen LogP contribution is 2.24. The van der Waals surface area contributed by atoms with E-state index in [1.165, 1.54) is 17.9 Å². The Kier molecular flexibility index (Phi) is 4.11. The minimum atomic E-state index is 0.748. The first-order valence-electron chi connectivity index (χ1n) is 4.93. The van der Waals surface area contributed by atoms with Gasteiger partial charge < -0.3 is 5.32 Å². The van der Waals surface area contributed by atoms with Crippen molar-refractivity contribution >= 4 is 28.3 Å². The molecule has 8 heteroatoms. The molecule has 6 nitrogen and oxygen atoms in total. The summed E-state index contributed by atoms with van der Waals surface area (Å²) >= 11 is 2.96. The minimum Gasteiger partial charge on any atom is -0.374 e. The molecule has 0 fully saturated rings. The van der Waals surface area contributed by atoms with Crippen molar-refractivity contribution in [1.29, 1.82) is 0 Å². The van der Waals surface area contributed by atoms with Gasteiger partial charge in [-0.25, -0.2) is 4.98 Å². The van der Waals surface area contributed by atoms with Crippen LogP contribution in [0.2, 0.25) is 0 Å². The van der Waals surface area contributed by atoms with Crippen molar-refractivity contribution < 1.29 is 0 Å². The predicted octanol–water partition coefficient (Wildman–Crippen LogP) is 1.77. The monoisotopic (exact) mass is 256 g/mol. The van der Waals surface area contributed by atoms with Gasteiger partial charge in [-0.1, -0.05) is 23.2 Å². The van der Waals surface area contributed by atoms with Crippen molar-refractivity contribution in [2.75, 3.05) is 11.9 Å². The van der Waals surface area contributed by atoms with Crippen LogP contribution in [0.4, 0.5) is 5.00 Å². The van der Waals surface area contributed by atoms with E-state index in [9.17, 15) is 0 Å². The number of nitrogens with one attached hydrogen (secondary N) is 2. The molecule has 0 spiro atoms. The van der Waals surface area contributed by atoms with Crippen LogP contribution in [-0.2, 0) is 5.75 Å². The van der Waals surface area contributed by atoms with Gasteiger partial charge in [0.25, 0.3) is 0 Å². The van der Waals surface area contributed by atoms with Gasteiger partial charge in [0.2, 0.25) is 0 Å². The standard InChI is InChI=1S/C8H12N6S2/c1-2-3-9-7-6(12-14-16-7)4-15-8-10-5-11-13-8/h5,9H,2-4H2,1H3,(H,10,11,13). The average molecular weight is 256 g/mol. The molecule has 0 radical (unpaired) electrons. The zero-order valence-electron chi connectivity index (χ0n) is 8.80. The van der Waals surface area contributed by atoms with Crippen LogP contribution in [0, 0.1) is 0 Å². The van der Waals surface area contributed by atoms with Crippen molar-refractivity contribution in [2.45, 2.75) is 24.3 Å². The molecule has 0 amide bonds. The lowest BCUT2D eigenvalue weighted by atomic mass is 10.4. The lowest BCUT2D eigenvalue weighted by Gasteiger charge is -2.01. The average Bonchev–Trinajstić information content (AvgIpc) is 2.94. The lowest BCUT2D eigenvalue weighted by Crippen LogP contribution is -2.00. The molecule has 2 N–H and O–H groups in total. The van der Waals surface area contributed by atoms with Crippen LogP contribution < -0.4 is 5.32 Å². The third-order valence-corrected chi connectivity index (χ3v) is 3.44. The molecule has 0 saturated heterocycles. The molecule has 0 atom stereocenters. The van der Waals surface area contributed by atoms with Crippen LogP contribution in [0.3, 0.4) is 0 Å². The summed E-state index contributed by atoms with van der Waals surface area (Å²) < 4.78 is 3.94. The predicted molar refractivity (Wildman–Crippen MR) is 64.6 cm³/mol. The smallest absolute Gasteiger partial charge is 0.183 e. The first-order chi connectivity index (χ1) is 7.90. The Hall–Kier alpha value is -1.15. The van der Waals surface area contributed by atoms with Gasteiger partial charge in [-0.15, -0.1) is 5.10 Å². The molecule has 2 rings (SSSR count). The van der Waals surface area contributed by atoms with Gasteiger partial charge in [0.05, 0.1) is 0 Å². The SMILES string of the molecule is CCCNc1snnc1CSc1ncn[nH]1. The van der Waals surface area contributed by atoms with Crippen LogP contribution in [0.25, 0.3) is 0 Å². The molecule has 0 saturated carbocycles. The Morgan fingerprint density at radius 2 is 2.50 bits per heavy atom. The van der Waals surface area contributed by atoms with Crippen LogP contribution >= 0.6 is 23.3 Å². The Labute approximate surface area is 101 Å². The molecule has 2 aromatic rings. The van der Waals surface area contributed by atoms with Gasteiger partial charge in [-0.3, -0.25) is 5.10 Å². The summed E-state index contributed by atoms with van der Waals surface area (Å²) in [6.07, 6.45) is 2.59. The number of nitrogens with zero attached hydrogens (tertiary/aromatic N) is 4. The van der Waals surface area contributed by atoms with Gasteiger partial charge in [-0.05, 0) is 6.42 Å². The van der Waals surface area contributed by atoms with E-state index in [0.29, 0.717) is 0 Å². The second-order valence-electron chi connectivity index (χ2n) is 3.05. The van der Waals surface area contributed by atoms with Crippen molar-refractivity contribution in [2.24, 2.45) is 0 Å². The maximum Gasteiger partial charge on any atom is 0.183 e. The maximum atomic E-state index is 4.09. The summed E-state index contributed by atoms with van der Waals surface area (Å²) in [5.74, 6) is 0.748. The number of H-pyrrole nitrogens is 1. The third-order valence-electron chi connectivity index (χ3n) is 1.83. The summed E-state index contributed by atoms with van der Waals surface area (Å²) in [6.45, 7) is 3.08. The largest absolute Gasteiger partial charge is 0.374 e. The minimum absolute atomic E-state index is 0.748. The van der Waals surface area contributed by atoms with Crippen LogP contribution in [-0.4, -0.2) is 31.3 Å². The Balaban J connectivity index is 1.91. The fraction of sp³-hybridized carbons (Fsp3) is 0.500. The summed E-state index contributed by atoms with van der Waals surface area (Å²) in [5.41, 5.74) is 0.972. The third kappa shape index (κ3) is 2.92. The fourth-order valence-electron chi connectivity index (χ4n) is 1.08. The zero-order chi connectivity index (χ0) is 11.2. The molecule has 0 aliphatic carbocycles. The van der Waals surface area contributed by atoms with E-state index in [2.05, 4.69) is 37.0 Å². The van der Waals surface area contributed by atoms with Crippen molar-refractivity contribution in [3.63, 3.8) is 0 Å². The van der Waals surface area contributed by atoms with Gasteiger partial charge >= 0.3 is 0 Å². The number of aromatic nitrogens is 5. The maximum absolute atomic E-state index is 4.09. The highest BCUT2D eigenvalue weighted by atomic mass is 32.2. The molecular weight excluding hydrogens is 244 g/mol. The molecule has 0 aromatic carbocycles. The zero-order valence-corrected chi connectivity index (χ0v) is 10.4. The molecule has 0 bridgehead atoms. The van der Waals surface area contributed by atoms with Crippen LogP contribution in [0.15, 0.2) is 11.5 Å². The van der Waals surface area contributed by atoms with Gasteiger partial charge in [0.1, 0.15) is 17.0 Å². The first-order valence-corrected chi connectivity index (χ1v) is 6.69. The molecule has 86 valence electrons. The highest BCUT2D eigenvalue weighted by molar-refractivity contribution is 7.98. The number of rotatable bonds is 6. The van der Waals surface area contributed by atoms with E-state index in [1.807, 2.05) is 0 Å².